The average Bonchev–Trinajstić information content (AvgIpc) is 2.68. The molecular weight excluding hydrogens is 142 g/mol. The Hall–Kier alpha value is -1.04. The van der Waals surface area contributed by atoms with Crippen LogP contribution in [0.15, 0.2) is 0 Å². The van der Waals surface area contributed by atoms with Crippen LogP contribution in [0, 0.1) is 29.1 Å². The van der Waals surface area contributed by atoms with E-state index in [1.807, 2.05) is 13.0 Å². The van der Waals surface area contributed by atoms with Crippen molar-refractivity contribution in [2.75, 3.05) is 0 Å². The van der Waals surface area contributed by atoms with Crippen molar-refractivity contribution in [2.24, 2.45) is 17.8 Å². The normalized spacial score (nSPS) is 21.8. The van der Waals surface area contributed by atoms with Crippen LogP contribution in [-0.4, -0.2) is 11.1 Å². The van der Waals surface area contributed by atoms with Gasteiger partial charge in [0.1, 0.15) is 5.92 Å². The summed E-state index contributed by atoms with van der Waals surface area (Å²) in [5.74, 6) is -1.28. The lowest BCUT2D eigenvalue weighted by Crippen LogP contribution is -2.21. The average molecular weight is 153 g/mol. The minimum absolute atomic E-state index is 0.0255. The van der Waals surface area contributed by atoms with Crippen LogP contribution >= 0.6 is 0 Å². The van der Waals surface area contributed by atoms with Crippen LogP contribution in [0.3, 0.4) is 0 Å². The molecule has 1 aliphatic rings. The summed E-state index contributed by atoms with van der Waals surface area (Å²) in [4.78, 5) is 10.5. The van der Waals surface area contributed by atoms with E-state index in [2.05, 4.69) is 0 Å². The van der Waals surface area contributed by atoms with Crippen molar-refractivity contribution < 1.29 is 9.90 Å². The molecule has 1 N–H and O–H groups in total. The summed E-state index contributed by atoms with van der Waals surface area (Å²) in [7, 11) is 0. The summed E-state index contributed by atoms with van der Waals surface area (Å²) in [6.45, 7) is 1.85. The minimum atomic E-state index is -0.980. The maximum Gasteiger partial charge on any atom is 0.321 e. The Bertz CT molecular complexity index is 203. The predicted octanol–water partition coefficient (Wildman–Crippen LogP) is 1.26. The zero-order chi connectivity index (χ0) is 8.43. The molecule has 11 heavy (non-hydrogen) atoms. The van der Waals surface area contributed by atoms with Crippen molar-refractivity contribution in [1.82, 2.24) is 0 Å². The molecule has 1 aliphatic carbocycles. The summed E-state index contributed by atoms with van der Waals surface area (Å²) in [6, 6.07) is 1.82. The highest BCUT2D eigenvalue weighted by molar-refractivity contribution is 5.73. The Labute approximate surface area is 65.6 Å². The van der Waals surface area contributed by atoms with E-state index < -0.39 is 11.9 Å². The van der Waals surface area contributed by atoms with Gasteiger partial charge in [-0.05, 0) is 24.7 Å². The Balaban J connectivity index is 2.54. The molecule has 0 aromatic rings. The molecule has 0 bridgehead atoms. The molecular formula is C8H11NO2. The predicted molar refractivity (Wildman–Crippen MR) is 38.6 cm³/mol. The van der Waals surface area contributed by atoms with Crippen molar-refractivity contribution in [2.45, 2.75) is 19.8 Å². The van der Waals surface area contributed by atoms with Crippen molar-refractivity contribution in [3.8, 4) is 6.07 Å². The first kappa shape index (κ1) is 8.06. The van der Waals surface area contributed by atoms with E-state index in [1.165, 1.54) is 0 Å². The number of rotatable bonds is 3. The molecule has 1 rings (SSSR count). The van der Waals surface area contributed by atoms with Gasteiger partial charge in [0.05, 0.1) is 6.07 Å². The molecule has 0 saturated heterocycles. The quantitative estimate of drug-likeness (QED) is 0.663. The minimum Gasteiger partial charge on any atom is -0.480 e. The van der Waals surface area contributed by atoms with E-state index in [0.29, 0.717) is 5.92 Å². The number of nitriles is 1. The van der Waals surface area contributed by atoms with Gasteiger partial charge in [-0.15, -0.1) is 0 Å². The molecule has 0 heterocycles. The molecule has 0 aliphatic heterocycles. The van der Waals surface area contributed by atoms with E-state index in [-0.39, 0.29) is 5.92 Å². The molecule has 60 valence electrons. The van der Waals surface area contributed by atoms with Crippen LogP contribution in [0.4, 0.5) is 0 Å². The van der Waals surface area contributed by atoms with Crippen LogP contribution in [0.2, 0.25) is 0 Å². The summed E-state index contributed by atoms with van der Waals surface area (Å²) in [6.07, 6.45) is 2.18. The molecule has 1 fully saturated rings. The Morgan fingerprint density at radius 2 is 2.27 bits per heavy atom. The van der Waals surface area contributed by atoms with Crippen molar-refractivity contribution in [3.63, 3.8) is 0 Å². The van der Waals surface area contributed by atoms with Crippen LogP contribution in [-0.2, 0) is 4.79 Å². The number of aliphatic carboxylic acids is 1. The Morgan fingerprint density at radius 1 is 1.73 bits per heavy atom. The van der Waals surface area contributed by atoms with Gasteiger partial charge in [-0.3, -0.25) is 4.79 Å². The zero-order valence-corrected chi connectivity index (χ0v) is 6.45. The third kappa shape index (κ3) is 1.70. The monoisotopic (exact) mass is 153 g/mol. The number of carboxylic acids is 1. The molecule has 2 unspecified atom stereocenters. The third-order valence-corrected chi connectivity index (χ3v) is 2.30. The second-order valence-electron chi connectivity index (χ2n) is 3.14. The van der Waals surface area contributed by atoms with Crippen LogP contribution < -0.4 is 0 Å². The lowest BCUT2D eigenvalue weighted by Gasteiger charge is -2.11. The molecule has 0 spiro atoms. The SMILES string of the molecule is CC(C1CC1)C(C#N)C(=O)O. The zero-order valence-electron chi connectivity index (χ0n) is 6.45. The maximum absolute atomic E-state index is 10.5. The fraction of sp³-hybridized carbons (Fsp3) is 0.750. The number of carboxylic acid groups (broad SMARTS) is 1. The molecule has 0 radical (unpaired) electrons. The number of carbonyl (C=O) groups is 1. The fourth-order valence-corrected chi connectivity index (χ4v) is 1.29. The van der Waals surface area contributed by atoms with Gasteiger partial charge in [-0.25, -0.2) is 0 Å². The van der Waals surface area contributed by atoms with Crippen LogP contribution in [0.5, 0.6) is 0 Å². The summed E-state index contributed by atoms with van der Waals surface area (Å²) in [5, 5.41) is 17.1. The van der Waals surface area contributed by atoms with Crippen LogP contribution in [0.25, 0.3) is 0 Å². The molecule has 0 amide bonds. The summed E-state index contributed by atoms with van der Waals surface area (Å²) < 4.78 is 0. The van der Waals surface area contributed by atoms with Crippen molar-refractivity contribution >= 4 is 5.97 Å². The maximum atomic E-state index is 10.5. The highest BCUT2D eigenvalue weighted by Gasteiger charge is 2.36. The molecule has 0 aromatic carbocycles. The fourth-order valence-electron chi connectivity index (χ4n) is 1.29. The van der Waals surface area contributed by atoms with Gasteiger partial charge in [0.15, 0.2) is 0 Å². The third-order valence-electron chi connectivity index (χ3n) is 2.30. The second kappa shape index (κ2) is 2.91. The lowest BCUT2D eigenvalue weighted by atomic mass is 9.91. The first-order valence-electron chi connectivity index (χ1n) is 3.79. The van der Waals surface area contributed by atoms with Crippen LogP contribution in [0.1, 0.15) is 19.8 Å². The van der Waals surface area contributed by atoms with Gasteiger partial charge in [0.2, 0.25) is 0 Å². The van der Waals surface area contributed by atoms with Gasteiger partial charge < -0.3 is 5.11 Å². The number of hydrogen-bond acceptors (Lipinski definition) is 2. The van der Waals surface area contributed by atoms with E-state index >= 15 is 0 Å². The molecule has 0 aromatic heterocycles. The van der Waals surface area contributed by atoms with Crippen molar-refractivity contribution in [3.05, 3.63) is 0 Å². The Morgan fingerprint density at radius 3 is 2.55 bits per heavy atom. The number of hydrogen-bond donors (Lipinski definition) is 1. The van der Waals surface area contributed by atoms with Gasteiger partial charge in [0, 0.05) is 0 Å². The highest BCUT2D eigenvalue weighted by atomic mass is 16.4. The van der Waals surface area contributed by atoms with Gasteiger partial charge in [-0.2, -0.15) is 5.26 Å². The van der Waals surface area contributed by atoms with E-state index in [1.54, 1.807) is 0 Å². The standard InChI is InChI=1S/C8H11NO2/c1-5(6-2-3-6)7(4-9)8(10)11/h5-7H,2-3H2,1H3,(H,10,11). The topological polar surface area (TPSA) is 61.1 Å². The first-order chi connectivity index (χ1) is 5.16. The van der Waals surface area contributed by atoms with E-state index in [4.69, 9.17) is 10.4 Å². The van der Waals surface area contributed by atoms with Gasteiger partial charge >= 0.3 is 5.97 Å². The smallest absolute Gasteiger partial charge is 0.321 e. The summed E-state index contributed by atoms with van der Waals surface area (Å²) in [5.41, 5.74) is 0. The lowest BCUT2D eigenvalue weighted by molar-refractivity contribution is -0.141. The molecule has 2 atom stereocenters. The van der Waals surface area contributed by atoms with E-state index in [9.17, 15) is 4.79 Å². The highest BCUT2D eigenvalue weighted by Crippen LogP contribution is 2.40. The summed E-state index contributed by atoms with van der Waals surface area (Å²) >= 11 is 0. The van der Waals surface area contributed by atoms with Gasteiger partial charge in [0.25, 0.3) is 0 Å². The van der Waals surface area contributed by atoms with E-state index in [0.717, 1.165) is 12.8 Å². The molecule has 1 saturated carbocycles. The van der Waals surface area contributed by atoms with Gasteiger partial charge in [-0.1, -0.05) is 6.92 Å². The molecule has 3 nitrogen and oxygen atoms in total. The van der Waals surface area contributed by atoms with Crippen molar-refractivity contribution in [1.29, 1.82) is 5.26 Å². The Kier molecular flexibility index (Phi) is 2.13. The first-order valence-corrected chi connectivity index (χ1v) is 3.79. The largest absolute Gasteiger partial charge is 0.480 e. The number of nitrogens with zero attached hydrogens (tertiary/aromatic N) is 1. The molecule has 3 heteroatoms. The second-order valence-corrected chi connectivity index (χ2v) is 3.14.